The van der Waals surface area contributed by atoms with Gasteiger partial charge in [0.25, 0.3) is 0 Å². The lowest BCUT2D eigenvalue weighted by atomic mass is 10.0. The Hall–Kier alpha value is -2.16. The molecule has 1 fully saturated rings. The van der Waals surface area contributed by atoms with Gasteiger partial charge < -0.3 is 29.4 Å². The highest BCUT2D eigenvalue weighted by molar-refractivity contribution is 5.76. The summed E-state index contributed by atoms with van der Waals surface area (Å²) in [6.07, 6.45) is -0.414. The van der Waals surface area contributed by atoms with Crippen molar-refractivity contribution in [1.29, 1.82) is 0 Å². The number of esters is 1. The van der Waals surface area contributed by atoms with Gasteiger partial charge in [0.2, 0.25) is 12.7 Å². The molecule has 1 aromatic rings. The highest BCUT2D eigenvalue weighted by atomic mass is 16.7. The van der Waals surface area contributed by atoms with Crippen LogP contribution >= 0.6 is 0 Å². The van der Waals surface area contributed by atoms with Gasteiger partial charge in [-0.1, -0.05) is 6.07 Å². The molecule has 1 aromatic carbocycles. The Morgan fingerprint density at radius 2 is 2.21 bits per heavy atom. The van der Waals surface area contributed by atoms with E-state index in [-0.39, 0.29) is 12.7 Å². The Labute approximate surface area is 139 Å². The lowest BCUT2D eigenvalue weighted by Gasteiger charge is -2.33. The fourth-order valence-electron chi connectivity index (χ4n) is 2.49. The number of carbonyl (C=O) groups excluding carboxylic acids is 2. The summed E-state index contributed by atoms with van der Waals surface area (Å²) in [5.74, 6) is -0.128. The van der Waals surface area contributed by atoms with Crippen LogP contribution in [0.15, 0.2) is 18.2 Å². The largest absolute Gasteiger partial charge is 0.467 e. The topological polar surface area (TPSA) is 103 Å². The normalized spacial score (nSPS) is 23.4. The van der Waals surface area contributed by atoms with Crippen molar-refractivity contribution >= 4 is 18.1 Å². The fourth-order valence-corrected chi connectivity index (χ4v) is 2.49. The maximum absolute atomic E-state index is 11.7. The van der Waals surface area contributed by atoms with Crippen LogP contribution in [0.5, 0.6) is 5.75 Å². The van der Waals surface area contributed by atoms with Crippen molar-refractivity contribution in [2.75, 3.05) is 19.5 Å². The van der Waals surface area contributed by atoms with Gasteiger partial charge in [0.1, 0.15) is 5.75 Å². The summed E-state index contributed by atoms with van der Waals surface area (Å²) in [5.41, 5.74) is 1.02. The molecule has 0 radical (unpaired) electrons. The highest BCUT2D eigenvalue weighted by Gasteiger charge is 2.35. The Bertz CT molecular complexity index is 578. The minimum Gasteiger partial charge on any atom is -0.467 e. The molecule has 8 heteroatoms. The third-order valence-corrected chi connectivity index (χ3v) is 3.75. The van der Waals surface area contributed by atoms with E-state index in [1.165, 1.54) is 7.11 Å². The lowest BCUT2D eigenvalue weighted by Crippen LogP contribution is -2.43. The smallest absolute Gasteiger partial charge is 0.335 e. The van der Waals surface area contributed by atoms with E-state index in [0.717, 1.165) is 0 Å². The number of nitrogens with one attached hydrogen (secondary N) is 1. The third-order valence-electron chi connectivity index (χ3n) is 3.75. The first kappa shape index (κ1) is 18.2. The fraction of sp³-hybridized carbons (Fsp3) is 0.500. The Kier molecular flexibility index (Phi) is 6.53. The molecule has 1 heterocycles. The number of hydrogen-bond acceptors (Lipinski definition) is 7. The molecule has 132 valence electrons. The van der Waals surface area contributed by atoms with E-state index in [0.29, 0.717) is 36.3 Å². The van der Waals surface area contributed by atoms with Crippen LogP contribution in [-0.2, 0) is 30.4 Å². The monoisotopic (exact) mass is 339 g/mol. The molecular weight excluding hydrogens is 318 g/mol. The second kappa shape index (κ2) is 8.62. The van der Waals surface area contributed by atoms with Gasteiger partial charge in [0.05, 0.1) is 25.5 Å². The van der Waals surface area contributed by atoms with Crippen molar-refractivity contribution in [2.24, 2.45) is 0 Å². The molecule has 0 aliphatic carbocycles. The zero-order valence-electron chi connectivity index (χ0n) is 13.6. The minimum absolute atomic E-state index is 0.163. The van der Waals surface area contributed by atoms with E-state index in [1.54, 1.807) is 25.3 Å². The zero-order chi connectivity index (χ0) is 17.5. The molecule has 0 bridgehead atoms. The Balaban J connectivity index is 2.16. The first-order valence-electron chi connectivity index (χ1n) is 7.48. The Morgan fingerprint density at radius 1 is 1.42 bits per heavy atom. The van der Waals surface area contributed by atoms with Crippen LogP contribution < -0.4 is 10.1 Å². The standard InChI is InChI=1S/C16H21NO7/c1-21-11-6-14(16(20)22-2)24-15(7-11)23-13-4-3-10(8-18)5-12(13)17-9-19/h3-5,9,11,14-15,18H,6-8H2,1-2H3,(H,17,19). The van der Waals surface area contributed by atoms with Crippen LogP contribution in [0.2, 0.25) is 0 Å². The number of carbonyl (C=O) groups is 2. The summed E-state index contributed by atoms with van der Waals surface area (Å²) in [6, 6.07) is 4.88. The van der Waals surface area contributed by atoms with Crippen molar-refractivity contribution in [3.63, 3.8) is 0 Å². The van der Waals surface area contributed by atoms with Crippen LogP contribution in [0.1, 0.15) is 18.4 Å². The summed E-state index contributed by atoms with van der Waals surface area (Å²) in [5, 5.41) is 11.7. The summed E-state index contributed by atoms with van der Waals surface area (Å²) >= 11 is 0. The molecule has 2 N–H and O–H groups in total. The van der Waals surface area contributed by atoms with Crippen LogP contribution in [0, 0.1) is 0 Å². The quantitative estimate of drug-likeness (QED) is 0.560. The number of aliphatic hydroxyl groups is 1. The number of methoxy groups -OCH3 is 2. The molecule has 1 saturated heterocycles. The van der Waals surface area contributed by atoms with Crippen LogP contribution in [0.3, 0.4) is 0 Å². The summed E-state index contributed by atoms with van der Waals surface area (Å²) < 4.78 is 21.4. The van der Waals surface area contributed by atoms with Crippen molar-refractivity contribution in [3.8, 4) is 5.75 Å². The molecule has 0 aromatic heterocycles. The van der Waals surface area contributed by atoms with Crippen LogP contribution in [0.4, 0.5) is 5.69 Å². The molecule has 0 spiro atoms. The maximum atomic E-state index is 11.7. The molecule has 8 nitrogen and oxygen atoms in total. The van der Waals surface area contributed by atoms with Gasteiger partial charge in [-0.25, -0.2) is 4.79 Å². The van der Waals surface area contributed by atoms with Crippen molar-refractivity contribution < 1.29 is 33.6 Å². The van der Waals surface area contributed by atoms with E-state index < -0.39 is 18.4 Å². The number of rotatable bonds is 7. The molecule has 1 aliphatic heterocycles. The van der Waals surface area contributed by atoms with Gasteiger partial charge in [-0.05, 0) is 17.7 Å². The highest BCUT2D eigenvalue weighted by Crippen LogP contribution is 2.30. The Morgan fingerprint density at radius 3 is 2.83 bits per heavy atom. The molecule has 1 amide bonds. The van der Waals surface area contributed by atoms with Gasteiger partial charge >= 0.3 is 5.97 Å². The van der Waals surface area contributed by atoms with Crippen molar-refractivity contribution in [3.05, 3.63) is 23.8 Å². The van der Waals surface area contributed by atoms with E-state index >= 15 is 0 Å². The number of ether oxygens (including phenoxy) is 4. The van der Waals surface area contributed by atoms with E-state index in [9.17, 15) is 14.7 Å². The number of amides is 1. The van der Waals surface area contributed by atoms with Crippen molar-refractivity contribution in [2.45, 2.75) is 37.9 Å². The van der Waals surface area contributed by atoms with E-state index in [2.05, 4.69) is 5.32 Å². The SMILES string of the molecule is COC(=O)C1CC(OC)CC(Oc2ccc(CO)cc2NC=O)O1. The maximum Gasteiger partial charge on any atom is 0.335 e. The first-order valence-corrected chi connectivity index (χ1v) is 7.48. The van der Waals surface area contributed by atoms with Gasteiger partial charge in [0.15, 0.2) is 6.10 Å². The van der Waals surface area contributed by atoms with E-state index in [4.69, 9.17) is 18.9 Å². The van der Waals surface area contributed by atoms with Gasteiger partial charge in [-0.15, -0.1) is 0 Å². The lowest BCUT2D eigenvalue weighted by molar-refractivity contribution is -0.200. The predicted molar refractivity (Wildman–Crippen MR) is 83.4 cm³/mol. The average Bonchev–Trinajstić information content (AvgIpc) is 2.62. The molecule has 24 heavy (non-hydrogen) atoms. The molecular formula is C16H21NO7. The van der Waals surface area contributed by atoms with Gasteiger partial charge in [-0.2, -0.15) is 0 Å². The number of benzene rings is 1. The van der Waals surface area contributed by atoms with Crippen LogP contribution in [0.25, 0.3) is 0 Å². The summed E-state index contributed by atoms with van der Waals surface area (Å²) in [4.78, 5) is 22.5. The molecule has 3 unspecified atom stereocenters. The third kappa shape index (κ3) is 4.44. The average molecular weight is 339 g/mol. The predicted octanol–water partition coefficient (Wildman–Crippen LogP) is 0.819. The minimum atomic E-state index is -0.780. The van der Waals surface area contributed by atoms with E-state index in [1.807, 2.05) is 0 Å². The van der Waals surface area contributed by atoms with Crippen molar-refractivity contribution in [1.82, 2.24) is 0 Å². The number of hydrogen-bond donors (Lipinski definition) is 2. The summed E-state index contributed by atoms with van der Waals surface area (Å²) in [6.45, 7) is -0.163. The van der Waals surface area contributed by atoms with Gasteiger partial charge in [-0.3, -0.25) is 4.79 Å². The second-order valence-corrected chi connectivity index (χ2v) is 5.28. The zero-order valence-corrected chi connectivity index (χ0v) is 13.6. The number of aliphatic hydroxyl groups excluding tert-OH is 1. The van der Waals surface area contributed by atoms with Gasteiger partial charge in [0, 0.05) is 20.0 Å². The molecule has 1 aliphatic rings. The molecule has 3 atom stereocenters. The summed E-state index contributed by atoms with van der Waals surface area (Å²) in [7, 11) is 2.84. The first-order chi connectivity index (χ1) is 11.6. The number of anilines is 1. The van der Waals surface area contributed by atoms with Crippen LogP contribution in [-0.4, -0.2) is 50.2 Å². The second-order valence-electron chi connectivity index (χ2n) is 5.28. The molecule has 2 rings (SSSR count). The molecule has 0 saturated carbocycles.